The summed E-state index contributed by atoms with van der Waals surface area (Å²) >= 11 is 0. The number of esters is 1. The molecule has 1 aromatic rings. The highest BCUT2D eigenvalue weighted by molar-refractivity contribution is 6.22. The fraction of sp³-hybridized carbons (Fsp3) is 0.353. The molecule has 0 N–H and O–H groups in total. The van der Waals surface area contributed by atoms with Crippen molar-refractivity contribution in [1.29, 1.82) is 0 Å². The quantitative estimate of drug-likeness (QED) is 0.364. The molecule has 1 aromatic carbocycles. The highest BCUT2D eigenvalue weighted by Crippen LogP contribution is 2.39. The van der Waals surface area contributed by atoms with Crippen LogP contribution in [0.2, 0.25) is 0 Å². The zero-order valence-corrected chi connectivity index (χ0v) is 12.5. The molecule has 0 saturated carbocycles. The van der Waals surface area contributed by atoms with E-state index < -0.39 is 5.97 Å². The number of fused-ring (bicyclic) bond motifs is 1. The molecule has 1 saturated heterocycles. The lowest BCUT2D eigenvalue weighted by atomic mass is 9.82. The standard InChI is InChI=1S/C17H17NO4/c1-10-3-8-14-15(9-10)17(21)18(16(14)20)12-4-6-13(7-5-12)22-11(2)19/h3-7,14-15H,8-9H2,1-2H3/t14-,15+/m0/s1. The molecular weight excluding hydrogens is 282 g/mol. The van der Waals surface area contributed by atoms with Crippen molar-refractivity contribution < 1.29 is 19.1 Å². The smallest absolute Gasteiger partial charge is 0.308 e. The molecule has 5 nitrogen and oxygen atoms in total. The van der Waals surface area contributed by atoms with Crippen LogP contribution in [0.1, 0.15) is 26.7 Å². The summed E-state index contributed by atoms with van der Waals surface area (Å²) in [6.07, 6.45) is 3.32. The van der Waals surface area contributed by atoms with E-state index >= 15 is 0 Å². The Labute approximate surface area is 128 Å². The van der Waals surface area contributed by atoms with Crippen LogP contribution < -0.4 is 9.64 Å². The predicted molar refractivity (Wildman–Crippen MR) is 80.2 cm³/mol. The van der Waals surface area contributed by atoms with Gasteiger partial charge >= 0.3 is 5.97 Å². The SMILES string of the molecule is CC(=O)Oc1ccc(N2C(=O)[C@H]3CC=C(C)C[C@H]3C2=O)cc1. The second-order valence-corrected chi connectivity index (χ2v) is 5.80. The minimum absolute atomic E-state index is 0.136. The molecule has 2 amide bonds. The molecule has 1 aliphatic heterocycles. The lowest BCUT2D eigenvalue weighted by molar-refractivity contribution is -0.132. The Kier molecular flexibility index (Phi) is 3.56. The first-order valence-electron chi connectivity index (χ1n) is 7.29. The first-order chi connectivity index (χ1) is 10.5. The molecule has 0 bridgehead atoms. The summed E-state index contributed by atoms with van der Waals surface area (Å²) in [6.45, 7) is 3.31. The number of carbonyl (C=O) groups is 3. The van der Waals surface area contributed by atoms with E-state index in [1.165, 1.54) is 11.8 Å². The van der Waals surface area contributed by atoms with Gasteiger partial charge in [0.15, 0.2) is 0 Å². The van der Waals surface area contributed by atoms with Crippen LogP contribution in [0.3, 0.4) is 0 Å². The van der Waals surface area contributed by atoms with Gasteiger partial charge in [0.05, 0.1) is 17.5 Å². The molecule has 0 spiro atoms. The summed E-state index contributed by atoms with van der Waals surface area (Å²) < 4.78 is 4.96. The Morgan fingerprint density at radius 3 is 2.41 bits per heavy atom. The van der Waals surface area contributed by atoms with Gasteiger partial charge < -0.3 is 4.74 Å². The topological polar surface area (TPSA) is 63.7 Å². The first kappa shape index (κ1) is 14.5. The van der Waals surface area contributed by atoms with E-state index in [0.29, 0.717) is 24.3 Å². The minimum atomic E-state index is -0.409. The van der Waals surface area contributed by atoms with Gasteiger partial charge in [0.25, 0.3) is 0 Å². The highest BCUT2D eigenvalue weighted by atomic mass is 16.5. The molecule has 1 fully saturated rings. The molecule has 0 aromatic heterocycles. The van der Waals surface area contributed by atoms with Crippen molar-refractivity contribution in [2.24, 2.45) is 11.8 Å². The third-order valence-corrected chi connectivity index (χ3v) is 4.18. The number of allylic oxidation sites excluding steroid dienone is 2. The zero-order chi connectivity index (χ0) is 15.9. The van der Waals surface area contributed by atoms with Gasteiger partial charge in [-0.3, -0.25) is 19.3 Å². The number of hydrogen-bond donors (Lipinski definition) is 0. The Bertz CT molecular complexity index is 674. The summed E-state index contributed by atoms with van der Waals surface area (Å²) in [5.74, 6) is -0.782. The molecular formula is C17H17NO4. The van der Waals surface area contributed by atoms with Crippen molar-refractivity contribution >= 4 is 23.5 Å². The van der Waals surface area contributed by atoms with Gasteiger partial charge in [-0.15, -0.1) is 0 Å². The number of carbonyl (C=O) groups excluding carboxylic acids is 3. The van der Waals surface area contributed by atoms with Crippen molar-refractivity contribution in [2.75, 3.05) is 4.90 Å². The number of ether oxygens (including phenoxy) is 1. The average molecular weight is 299 g/mol. The van der Waals surface area contributed by atoms with Crippen molar-refractivity contribution in [1.82, 2.24) is 0 Å². The second-order valence-electron chi connectivity index (χ2n) is 5.80. The van der Waals surface area contributed by atoms with Gasteiger partial charge in [0.1, 0.15) is 5.75 Å². The Morgan fingerprint density at radius 1 is 1.14 bits per heavy atom. The predicted octanol–water partition coefficient (Wildman–Crippen LogP) is 2.46. The van der Waals surface area contributed by atoms with Crippen molar-refractivity contribution in [3.63, 3.8) is 0 Å². The maximum atomic E-state index is 12.6. The largest absolute Gasteiger partial charge is 0.427 e. The Morgan fingerprint density at radius 2 is 1.77 bits per heavy atom. The molecule has 1 heterocycles. The molecule has 0 radical (unpaired) electrons. The molecule has 22 heavy (non-hydrogen) atoms. The second kappa shape index (κ2) is 5.40. The van der Waals surface area contributed by atoms with Crippen LogP contribution in [0.15, 0.2) is 35.9 Å². The maximum Gasteiger partial charge on any atom is 0.308 e. The Balaban J connectivity index is 1.85. The Hall–Kier alpha value is -2.43. The van der Waals surface area contributed by atoms with Crippen LogP contribution in [0, 0.1) is 11.8 Å². The molecule has 5 heteroatoms. The fourth-order valence-corrected chi connectivity index (χ4v) is 3.12. The van der Waals surface area contributed by atoms with Crippen LogP contribution in [0.4, 0.5) is 5.69 Å². The molecule has 3 rings (SSSR count). The number of hydrogen-bond acceptors (Lipinski definition) is 4. The molecule has 0 unspecified atom stereocenters. The van der Waals surface area contributed by atoms with E-state index in [9.17, 15) is 14.4 Å². The van der Waals surface area contributed by atoms with Crippen molar-refractivity contribution in [3.05, 3.63) is 35.9 Å². The average Bonchev–Trinajstić information content (AvgIpc) is 2.71. The fourth-order valence-electron chi connectivity index (χ4n) is 3.12. The van der Waals surface area contributed by atoms with Gasteiger partial charge in [-0.05, 0) is 44.0 Å². The van der Waals surface area contributed by atoms with E-state index in [4.69, 9.17) is 4.74 Å². The molecule has 2 atom stereocenters. The summed E-state index contributed by atoms with van der Waals surface area (Å²) in [5, 5.41) is 0. The summed E-state index contributed by atoms with van der Waals surface area (Å²) in [7, 11) is 0. The normalized spacial score (nSPS) is 24.1. The lowest BCUT2D eigenvalue weighted by Gasteiger charge is -2.18. The number of imide groups is 1. The number of benzene rings is 1. The van der Waals surface area contributed by atoms with E-state index in [1.807, 2.05) is 13.0 Å². The van der Waals surface area contributed by atoms with E-state index in [-0.39, 0.29) is 23.7 Å². The number of rotatable bonds is 2. The third kappa shape index (κ3) is 2.43. The van der Waals surface area contributed by atoms with Crippen LogP contribution in [-0.2, 0) is 14.4 Å². The van der Waals surface area contributed by atoms with Crippen LogP contribution in [0.5, 0.6) is 5.75 Å². The lowest BCUT2D eigenvalue weighted by Crippen LogP contribution is -2.30. The maximum absolute atomic E-state index is 12.6. The van der Waals surface area contributed by atoms with Crippen molar-refractivity contribution in [3.8, 4) is 5.75 Å². The van der Waals surface area contributed by atoms with Gasteiger partial charge in [0, 0.05) is 6.92 Å². The number of nitrogens with zero attached hydrogens (tertiary/aromatic N) is 1. The van der Waals surface area contributed by atoms with Gasteiger partial charge in [-0.1, -0.05) is 11.6 Å². The van der Waals surface area contributed by atoms with E-state index in [0.717, 1.165) is 5.57 Å². The molecule has 2 aliphatic rings. The van der Waals surface area contributed by atoms with Crippen molar-refractivity contribution in [2.45, 2.75) is 26.7 Å². The summed E-state index contributed by atoms with van der Waals surface area (Å²) in [6, 6.07) is 6.43. The number of anilines is 1. The monoisotopic (exact) mass is 299 g/mol. The zero-order valence-electron chi connectivity index (χ0n) is 12.5. The van der Waals surface area contributed by atoms with Gasteiger partial charge in [0.2, 0.25) is 11.8 Å². The summed E-state index contributed by atoms with van der Waals surface area (Å²) in [5.41, 5.74) is 1.69. The highest BCUT2D eigenvalue weighted by Gasteiger charge is 2.48. The number of amides is 2. The van der Waals surface area contributed by atoms with Crippen LogP contribution >= 0.6 is 0 Å². The van der Waals surface area contributed by atoms with Gasteiger partial charge in [-0.25, -0.2) is 0 Å². The molecule has 1 aliphatic carbocycles. The van der Waals surface area contributed by atoms with Gasteiger partial charge in [-0.2, -0.15) is 0 Å². The van der Waals surface area contributed by atoms with Crippen LogP contribution in [0.25, 0.3) is 0 Å². The first-order valence-corrected chi connectivity index (χ1v) is 7.29. The van der Waals surface area contributed by atoms with Crippen LogP contribution in [-0.4, -0.2) is 17.8 Å². The minimum Gasteiger partial charge on any atom is -0.427 e. The summed E-state index contributed by atoms with van der Waals surface area (Å²) in [4.78, 5) is 37.2. The van der Waals surface area contributed by atoms with E-state index in [1.54, 1.807) is 24.3 Å². The van der Waals surface area contributed by atoms with E-state index in [2.05, 4.69) is 0 Å². The molecule has 114 valence electrons. The third-order valence-electron chi connectivity index (χ3n) is 4.18.